The molecule has 208 valence electrons. The maximum Gasteiger partial charge on any atom is 0.317 e. The van der Waals surface area contributed by atoms with E-state index in [1.807, 2.05) is 37.3 Å². The Bertz CT molecular complexity index is 1140. The molecule has 8 nitrogen and oxygen atoms in total. The first-order chi connectivity index (χ1) is 18.2. The van der Waals surface area contributed by atoms with Gasteiger partial charge in [-0.3, -0.25) is 4.79 Å². The molecule has 1 fully saturated rings. The summed E-state index contributed by atoms with van der Waals surface area (Å²) in [5, 5.41) is 2.95. The number of carbonyl (C=O) groups is 2. The number of nitrogens with zero attached hydrogens (tertiary/aromatic N) is 3. The zero-order valence-corrected chi connectivity index (χ0v) is 23.1. The molecule has 0 aromatic heterocycles. The molecule has 1 aliphatic rings. The molecule has 3 rings (SSSR count). The van der Waals surface area contributed by atoms with Crippen LogP contribution in [0.3, 0.4) is 0 Å². The Morgan fingerprint density at radius 2 is 1.63 bits per heavy atom. The molecule has 1 aliphatic heterocycles. The van der Waals surface area contributed by atoms with Gasteiger partial charge in [-0.25, -0.2) is 17.6 Å². The second kappa shape index (κ2) is 14.2. The molecule has 0 atom stereocenters. The zero-order valence-electron chi connectivity index (χ0n) is 22.3. The lowest BCUT2D eigenvalue weighted by Crippen LogP contribution is -2.52. The quantitative estimate of drug-likeness (QED) is 0.436. The monoisotopic (exact) mass is 546 g/mol. The number of piperidine rings is 1. The molecule has 0 radical (unpaired) electrons. The topological polar surface area (TPSA) is 90.0 Å². The van der Waals surface area contributed by atoms with Crippen molar-refractivity contribution in [3.8, 4) is 0 Å². The van der Waals surface area contributed by atoms with Crippen molar-refractivity contribution in [2.45, 2.75) is 58.7 Å². The van der Waals surface area contributed by atoms with Crippen LogP contribution in [0.4, 0.5) is 9.18 Å². The van der Waals surface area contributed by atoms with Crippen molar-refractivity contribution >= 4 is 22.0 Å². The number of hydrogen-bond acceptors (Lipinski definition) is 4. The van der Waals surface area contributed by atoms with Crippen molar-refractivity contribution in [3.05, 3.63) is 71.5 Å². The molecule has 0 unspecified atom stereocenters. The molecule has 0 saturated carbocycles. The summed E-state index contributed by atoms with van der Waals surface area (Å²) in [6, 6.07) is 15.4. The molecule has 10 heteroatoms. The highest BCUT2D eigenvalue weighted by atomic mass is 32.2. The standard InChI is InChI=1S/C28H39FN4O4S/c1-3-16-32(38(36,37)19-4-2)22-27(34)33(21-24-10-12-25(29)13-11-24)26-14-17-31(18-15-26)28(35)30-20-23-8-6-5-7-9-23/h5-13,26H,3-4,14-22H2,1-2H3,(H,30,35). The van der Waals surface area contributed by atoms with Crippen molar-refractivity contribution in [3.63, 3.8) is 0 Å². The minimum Gasteiger partial charge on any atom is -0.334 e. The molecular weight excluding hydrogens is 507 g/mol. The van der Waals surface area contributed by atoms with Gasteiger partial charge in [-0.05, 0) is 48.9 Å². The van der Waals surface area contributed by atoms with Gasteiger partial charge >= 0.3 is 6.03 Å². The van der Waals surface area contributed by atoms with E-state index < -0.39 is 10.0 Å². The van der Waals surface area contributed by atoms with Crippen molar-refractivity contribution < 1.29 is 22.4 Å². The Hall–Kier alpha value is -2.98. The molecule has 0 aliphatic carbocycles. The van der Waals surface area contributed by atoms with Gasteiger partial charge in [0.2, 0.25) is 15.9 Å². The van der Waals surface area contributed by atoms with E-state index in [1.165, 1.54) is 16.4 Å². The number of likely N-dealkylation sites (tertiary alicyclic amines) is 1. The van der Waals surface area contributed by atoms with Crippen LogP contribution < -0.4 is 5.32 Å². The molecule has 2 aromatic carbocycles. The molecule has 0 bridgehead atoms. The Labute approximate surface area is 225 Å². The lowest BCUT2D eigenvalue weighted by Gasteiger charge is -2.39. The fourth-order valence-corrected chi connectivity index (χ4v) is 6.21. The summed E-state index contributed by atoms with van der Waals surface area (Å²) in [4.78, 5) is 29.7. The van der Waals surface area contributed by atoms with E-state index in [0.717, 1.165) is 11.1 Å². The number of halogens is 1. The summed E-state index contributed by atoms with van der Waals surface area (Å²) >= 11 is 0. The molecule has 3 amide bonds. The van der Waals surface area contributed by atoms with E-state index in [0.29, 0.717) is 45.3 Å². The average Bonchev–Trinajstić information content (AvgIpc) is 2.91. The van der Waals surface area contributed by atoms with Gasteiger partial charge in [-0.15, -0.1) is 0 Å². The van der Waals surface area contributed by atoms with Crippen LogP contribution in [-0.2, 0) is 27.9 Å². The molecular formula is C28H39FN4O4S. The highest BCUT2D eigenvalue weighted by Gasteiger charge is 2.32. The fraction of sp³-hybridized carbons (Fsp3) is 0.500. The molecule has 1 saturated heterocycles. The minimum atomic E-state index is -3.55. The molecule has 38 heavy (non-hydrogen) atoms. The minimum absolute atomic E-state index is 0.00523. The van der Waals surface area contributed by atoms with Gasteiger partial charge in [0, 0.05) is 38.8 Å². The smallest absolute Gasteiger partial charge is 0.317 e. The van der Waals surface area contributed by atoms with Gasteiger partial charge in [0.15, 0.2) is 0 Å². The van der Waals surface area contributed by atoms with Crippen LogP contribution in [0.1, 0.15) is 50.7 Å². The first-order valence-electron chi connectivity index (χ1n) is 13.3. The number of amides is 3. The van der Waals surface area contributed by atoms with Crippen LogP contribution in [0.5, 0.6) is 0 Å². The maximum absolute atomic E-state index is 13.6. The van der Waals surface area contributed by atoms with E-state index in [2.05, 4.69) is 5.32 Å². The van der Waals surface area contributed by atoms with Crippen molar-refractivity contribution in [2.75, 3.05) is 31.9 Å². The van der Waals surface area contributed by atoms with Crippen LogP contribution in [0.25, 0.3) is 0 Å². The van der Waals surface area contributed by atoms with Crippen molar-refractivity contribution in [2.24, 2.45) is 0 Å². The molecule has 0 spiro atoms. The summed E-state index contributed by atoms with van der Waals surface area (Å²) in [5.74, 6) is -0.648. The van der Waals surface area contributed by atoms with E-state index in [-0.39, 0.29) is 49.2 Å². The summed E-state index contributed by atoms with van der Waals surface area (Å²) in [7, 11) is -3.55. The fourth-order valence-electron chi connectivity index (χ4n) is 4.67. The third-order valence-corrected chi connectivity index (χ3v) is 8.73. The average molecular weight is 547 g/mol. The van der Waals surface area contributed by atoms with Gasteiger partial charge < -0.3 is 15.1 Å². The highest BCUT2D eigenvalue weighted by Crippen LogP contribution is 2.21. The van der Waals surface area contributed by atoms with Gasteiger partial charge in [0.05, 0.1) is 12.3 Å². The number of carbonyl (C=O) groups excluding carboxylic acids is 2. The SMILES string of the molecule is CCCN(CC(=O)N(Cc1ccc(F)cc1)C1CCN(C(=O)NCc2ccccc2)CC1)S(=O)(=O)CCC. The second-order valence-electron chi connectivity index (χ2n) is 9.66. The first kappa shape index (κ1) is 29.6. The van der Waals surface area contributed by atoms with Gasteiger partial charge in [-0.2, -0.15) is 4.31 Å². The number of nitrogens with one attached hydrogen (secondary N) is 1. The lowest BCUT2D eigenvalue weighted by molar-refractivity contribution is -0.135. The lowest BCUT2D eigenvalue weighted by atomic mass is 10.0. The number of rotatable bonds is 12. The van der Waals surface area contributed by atoms with Crippen molar-refractivity contribution in [1.29, 1.82) is 0 Å². The maximum atomic E-state index is 13.6. The van der Waals surface area contributed by atoms with Crippen LogP contribution in [0, 0.1) is 5.82 Å². The number of benzene rings is 2. The van der Waals surface area contributed by atoms with Crippen LogP contribution in [0.2, 0.25) is 0 Å². The summed E-state index contributed by atoms with van der Waals surface area (Å²) in [6.45, 7) is 5.37. The van der Waals surface area contributed by atoms with Gasteiger partial charge in [0.1, 0.15) is 5.82 Å². The Morgan fingerprint density at radius 3 is 2.24 bits per heavy atom. The summed E-state index contributed by atoms with van der Waals surface area (Å²) in [6.07, 6.45) is 2.22. The molecule has 1 N–H and O–H groups in total. The predicted molar refractivity (Wildman–Crippen MR) is 146 cm³/mol. The Balaban J connectivity index is 1.69. The number of urea groups is 1. The van der Waals surface area contributed by atoms with E-state index in [9.17, 15) is 22.4 Å². The normalized spacial score (nSPS) is 14.5. The highest BCUT2D eigenvalue weighted by molar-refractivity contribution is 7.89. The predicted octanol–water partition coefficient (Wildman–Crippen LogP) is 3.98. The van der Waals surface area contributed by atoms with Gasteiger partial charge in [-0.1, -0.05) is 56.3 Å². The zero-order chi connectivity index (χ0) is 27.5. The molecule has 1 heterocycles. The van der Waals surface area contributed by atoms with E-state index in [4.69, 9.17) is 0 Å². The Morgan fingerprint density at radius 1 is 0.974 bits per heavy atom. The second-order valence-corrected chi connectivity index (χ2v) is 11.7. The largest absolute Gasteiger partial charge is 0.334 e. The number of hydrogen-bond donors (Lipinski definition) is 1. The third kappa shape index (κ3) is 8.52. The molecule has 2 aromatic rings. The Kier molecular flexibility index (Phi) is 11.1. The van der Waals surface area contributed by atoms with Crippen LogP contribution in [-0.4, -0.2) is 72.4 Å². The first-order valence-corrected chi connectivity index (χ1v) is 14.9. The third-order valence-electron chi connectivity index (χ3n) is 6.71. The van der Waals surface area contributed by atoms with Crippen molar-refractivity contribution in [1.82, 2.24) is 19.4 Å². The van der Waals surface area contributed by atoms with Crippen LogP contribution >= 0.6 is 0 Å². The number of sulfonamides is 1. The van der Waals surface area contributed by atoms with Crippen LogP contribution in [0.15, 0.2) is 54.6 Å². The summed E-state index contributed by atoms with van der Waals surface area (Å²) in [5.41, 5.74) is 1.78. The van der Waals surface area contributed by atoms with E-state index in [1.54, 1.807) is 28.9 Å². The summed E-state index contributed by atoms with van der Waals surface area (Å²) < 4.78 is 40.4. The van der Waals surface area contributed by atoms with Gasteiger partial charge in [0.25, 0.3) is 0 Å². The van der Waals surface area contributed by atoms with E-state index >= 15 is 0 Å².